The van der Waals surface area contributed by atoms with Gasteiger partial charge in [0.05, 0.1) is 12.6 Å². The van der Waals surface area contributed by atoms with Crippen molar-refractivity contribution in [2.45, 2.75) is 25.8 Å². The van der Waals surface area contributed by atoms with Gasteiger partial charge in [-0.05, 0) is 17.0 Å². The highest BCUT2D eigenvalue weighted by Gasteiger charge is 2.35. The molecule has 1 aromatic carbocycles. The van der Waals surface area contributed by atoms with Crippen molar-refractivity contribution in [3.63, 3.8) is 0 Å². The number of amides is 2. The van der Waals surface area contributed by atoms with Gasteiger partial charge in [0.2, 0.25) is 0 Å². The van der Waals surface area contributed by atoms with Crippen LogP contribution in [0.5, 0.6) is 0 Å². The second-order valence-corrected chi connectivity index (χ2v) is 4.94. The number of hydrogen-bond donors (Lipinski definition) is 0. The molecule has 1 aliphatic rings. The van der Waals surface area contributed by atoms with Gasteiger partial charge in [0.15, 0.2) is 6.19 Å². The summed E-state index contributed by atoms with van der Waals surface area (Å²) in [5.41, 5.74) is 2.36. The molecule has 4 nitrogen and oxygen atoms in total. The number of benzene rings is 1. The van der Waals surface area contributed by atoms with Crippen LogP contribution in [0, 0.1) is 11.5 Å². The van der Waals surface area contributed by atoms with Gasteiger partial charge in [-0.3, -0.25) is 0 Å². The van der Waals surface area contributed by atoms with Crippen molar-refractivity contribution in [2.75, 3.05) is 13.6 Å². The standard InChI is InChI=1S/C14H17N3O/c1-10(2)11-4-6-12(7-5-11)13-8-17(9-15)14(18)16(13)3/h4-7,10,13H,8H2,1-3H3. The lowest BCUT2D eigenvalue weighted by atomic mass is 9.99. The molecule has 1 aromatic rings. The maximum Gasteiger partial charge on any atom is 0.333 e. The Bertz CT molecular complexity index is 487. The van der Waals surface area contributed by atoms with Crippen molar-refractivity contribution >= 4 is 6.03 Å². The van der Waals surface area contributed by atoms with E-state index in [2.05, 4.69) is 26.0 Å². The molecule has 94 valence electrons. The summed E-state index contributed by atoms with van der Waals surface area (Å²) in [5, 5.41) is 8.86. The van der Waals surface area contributed by atoms with E-state index in [0.717, 1.165) is 5.56 Å². The fraction of sp³-hybridized carbons (Fsp3) is 0.429. The fourth-order valence-corrected chi connectivity index (χ4v) is 2.21. The quantitative estimate of drug-likeness (QED) is 0.750. The number of nitrogens with zero attached hydrogens (tertiary/aromatic N) is 3. The number of carbonyl (C=O) groups excluding carboxylic acids is 1. The number of likely N-dealkylation sites (N-methyl/N-ethyl adjacent to an activating group) is 1. The number of nitriles is 1. The van der Waals surface area contributed by atoms with Crippen LogP contribution < -0.4 is 0 Å². The van der Waals surface area contributed by atoms with Gasteiger partial charge < -0.3 is 4.90 Å². The molecular weight excluding hydrogens is 226 g/mol. The molecular formula is C14H17N3O. The lowest BCUT2D eigenvalue weighted by molar-refractivity contribution is 0.205. The van der Waals surface area contributed by atoms with E-state index in [1.165, 1.54) is 10.5 Å². The summed E-state index contributed by atoms with van der Waals surface area (Å²) in [6.07, 6.45) is 1.92. The molecule has 0 N–H and O–H groups in total. The van der Waals surface area contributed by atoms with Gasteiger partial charge in [-0.2, -0.15) is 5.26 Å². The van der Waals surface area contributed by atoms with E-state index in [4.69, 9.17) is 5.26 Å². The average Bonchev–Trinajstić information content (AvgIpc) is 2.66. The minimum absolute atomic E-state index is 0.0293. The highest BCUT2D eigenvalue weighted by molar-refractivity contribution is 5.78. The summed E-state index contributed by atoms with van der Waals surface area (Å²) in [4.78, 5) is 14.5. The number of carbonyl (C=O) groups is 1. The van der Waals surface area contributed by atoms with Crippen molar-refractivity contribution in [1.82, 2.24) is 9.80 Å². The van der Waals surface area contributed by atoms with E-state index in [1.54, 1.807) is 11.9 Å². The van der Waals surface area contributed by atoms with E-state index in [-0.39, 0.29) is 12.1 Å². The lowest BCUT2D eigenvalue weighted by Crippen LogP contribution is -2.26. The smallest absolute Gasteiger partial charge is 0.318 e. The van der Waals surface area contributed by atoms with Crippen LogP contribution in [-0.2, 0) is 0 Å². The molecule has 2 amide bonds. The molecule has 1 saturated heterocycles. The third-order valence-corrected chi connectivity index (χ3v) is 3.46. The van der Waals surface area contributed by atoms with Crippen molar-refractivity contribution < 1.29 is 4.79 Å². The molecule has 1 fully saturated rings. The molecule has 0 aliphatic carbocycles. The molecule has 1 unspecified atom stereocenters. The SMILES string of the molecule is CC(C)c1ccc(C2CN(C#N)C(=O)N2C)cc1. The second-order valence-electron chi connectivity index (χ2n) is 4.94. The van der Waals surface area contributed by atoms with Crippen LogP contribution >= 0.6 is 0 Å². The third kappa shape index (κ3) is 2.04. The topological polar surface area (TPSA) is 47.3 Å². The summed E-state index contributed by atoms with van der Waals surface area (Å²) in [5.74, 6) is 0.498. The molecule has 0 radical (unpaired) electrons. The molecule has 0 saturated carbocycles. The van der Waals surface area contributed by atoms with Crippen molar-refractivity contribution in [2.24, 2.45) is 0 Å². The Morgan fingerprint density at radius 2 is 1.94 bits per heavy atom. The first kappa shape index (κ1) is 12.4. The predicted octanol–water partition coefficient (Wildman–Crippen LogP) is 2.70. The van der Waals surface area contributed by atoms with Gasteiger partial charge in [-0.1, -0.05) is 38.1 Å². The molecule has 0 spiro atoms. The predicted molar refractivity (Wildman–Crippen MR) is 68.8 cm³/mol. The number of rotatable bonds is 2. The normalized spacial score (nSPS) is 19.5. The van der Waals surface area contributed by atoms with Crippen LogP contribution in [0.25, 0.3) is 0 Å². The zero-order chi connectivity index (χ0) is 13.3. The molecule has 0 aromatic heterocycles. The first-order valence-electron chi connectivity index (χ1n) is 6.08. The number of urea groups is 1. The minimum Gasteiger partial charge on any atom is -0.318 e. The van der Waals surface area contributed by atoms with Crippen molar-refractivity contribution in [3.05, 3.63) is 35.4 Å². The maximum absolute atomic E-state index is 11.7. The maximum atomic E-state index is 11.7. The third-order valence-electron chi connectivity index (χ3n) is 3.46. The Morgan fingerprint density at radius 3 is 2.39 bits per heavy atom. The summed E-state index contributed by atoms with van der Waals surface area (Å²) in [6.45, 7) is 4.74. The van der Waals surface area contributed by atoms with E-state index >= 15 is 0 Å². The van der Waals surface area contributed by atoms with Gasteiger partial charge in [0.25, 0.3) is 0 Å². The van der Waals surface area contributed by atoms with Crippen LogP contribution in [-0.4, -0.2) is 29.4 Å². The van der Waals surface area contributed by atoms with Crippen LogP contribution in [0.3, 0.4) is 0 Å². The fourth-order valence-electron chi connectivity index (χ4n) is 2.21. The summed E-state index contributed by atoms with van der Waals surface area (Å²) < 4.78 is 0. The van der Waals surface area contributed by atoms with E-state index in [9.17, 15) is 4.79 Å². The summed E-state index contributed by atoms with van der Waals surface area (Å²) in [6, 6.07) is 8.02. The van der Waals surface area contributed by atoms with E-state index in [0.29, 0.717) is 12.5 Å². The van der Waals surface area contributed by atoms with Crippen molar-refractivity contribution in [3.8, 4) is 6.19 Å². The first-order valence-corrected chi connectivity index (χ1v) is 6.08. The number of hydrogen-bond acceptors (Lipinski definition) is 2. The molecule has 0 bridgehead atoms. The minimum atomic E-state index is -0.226. The monoisotopic (exact) mass is 243 g/mol. The molecule has 1 heterocycles. The highest BCUT2D eigenvalue weighted by atomic mass is 16.2. The Balaban J connectivity index is 2.23. The lowest BCUT2D eigenvalue weighted by Gasteiger charge is -2.18. The zero-order valence-corrected chi connectivity index (χ0v) is 10.9. The Morgan fingerprint density at radius 1 is 1.33 bits per heavy atom. The van der Waals surface area contributed by atoms with Crippen molar-refractivity contribution in [1.29, 1.82) is 5.26 Å². The highest BCUT2D eigenvalue weighted by Crippen LogP contribution is 2.28. The second kappa shape index (κ2) is 4.69. The van der Waals surface area contributed by atoms with Gasteiger partial charge in [0.1, 0.15) is 0 Å². The molecule has 18 heavy (non-hydrogen) atoms. The first-order chi connectivity index (χ1) is 8.54. The van der Waals surface area contributed by atoms with E-state index in [1.807, 2.05) is 18.3 Å². The summed E-state index contributed by atoms with van der Waals surface area (Å²) in [7, 11) is 1.74. The van der Waals surface area contributed by atoms with Gasteiger partial charge in [-0.15, -0.1) is 0 Å². The molecule has 4 heteroatoms. The van der Waals surface area contributed by atoms with Crippen LogP contribution in [0.2, 0.25) is 0 Å². The van der Waals surface area contributed by atoms with Crippen LogP contribution in [0.1, 0.15) is 36.9 Å². The largest absolute Gasteiger partial charge is 0.333 e. The van der Waals surface area contributed by atoms with Crippen LogP contribution in [0.15, 0.2) is 24.3 Å². The zero-order valence-electron chi connectivity index (χ0n) is 10.9. The molecule has 1 atom stereocenters. The van der Waals surface area contributed by atoms with Gasteiger partial charge in [-0.25, -0.2) is 9.69 Å². The van der Waals surface area contributed by atoms with Gasteiger partial charge >= 0.3 is 6.03 Å². The summed E-state index contributed by atoms with van der Waals surface area (Å²) >= 11 is 0. The van der Waals surface area contributed by atoms with Crippen LogP contribution in [0.4, 0.5) is 4.79 Å². The Hall–Kier alpha value is -2.02. The Labute approximate surface area is 107 Å². The van der Waals surface area contributed by atoms with E-state index < -0.39 is 0 Å². The average molecular weight is 243 g/mol. The molecule has 1 aliphatic heterocycles. The Kier molecular flexibility index (Phi) is 3.24. The van der Waals surface area contributed by atoms with Gasteiger partial charge in [0, 0.05) is 7.05 Å². The molecule has 2 rings (SSSR count).